The number of aromatic nitrogens is 2. The Hall–Kier alpha value is -0.920. The minimum absolute atomic E-state index is 0.302. The molecule has 2 fully saturated rings. The second-order valence-electron chi connectivity index (χ2n) is 6.25. The zero-order valence-electron chi connectivity index (χ0n) is 12.5. The fraction of sp³-hybridized carbons (Fsp3) is 0.786. The Bertz CT molecular complexity index is 576. The molecule has 0 radical (unpaired) electrons. The molecule has 6 nitrogen and oxygen atoms in total. The van der Waals surface area contributed by atoms with E-state index < -0.39 is 10.0 Å². The smallest absolute Gasteiger partial charge is 0.245 e. The van der Waals surface area contributed by atoms with Crippen molar-refractivity contribution in [3.05, 3.63) is 12.4 Å². The van der Waals surface area contributed by atoms with Crippen molar-refractivity contribution >= 4 is 10.0 Å². The van der Waals surface area contributed by atoms with Crippen molar-refractivity contribution in [2.24, 2.45) is 5.92 Å². The summed E-state index contributed by atoms with van der Waals surface area (Å²) in [6, 6.07) is 0.664. The summed E-state index contributed by atoms with van der Waals surface area (Å²) in [6.45, 7) is 2.17. The Morgan fingerprint density at radius 3 is 2.76 bits per heavy atom. The molecule has 0 spiro atoms. The van der Waals surface area contributed by atoms with Crippen molar-refractivity contribution in [2.45, 2.75) is 49.6 Å². The molecule has 0 atom stereocenters. The van der Waals surface area contributed by atoms with E-state index in [2.05, 4.69) is 10.4 Å². The Labute approximate surface area is 126 Å². The molecule has 0 amide bonds. The van der Waals surface area contributed by atoms with Gasteiger partial charge in [-0.1, -0.05) is 6.42 Å². The van der Waals surface area contributed by atoms with E-state index in [0.29, 0.717) is 29.9 Å². The molecule has 0 aromatic carbocycles. The maximum Gasteiger partial charge on any atom is 0.245 e. The van der Waals surface area contributed by atoms with Gasteiger partial charge in [0.1, 0.15) is 4.90 Å². The third kappa shape index (κ3) is 3.64. The van der Waals surface area contributed by atoms with Crippen LogP contribution in [0.5, 0.6) is 0 Å². The fourth-order valence-corrected chi connectivity index (χ4v) is 3.79. The van der Waals surface area contributed by atoms with E-state index in [9.17, 15) is 8.42 Å². The van der Waals surface area contributed by atoms with Crippen LogP contribution in [0, 0.1) is 5.92 Å². The molecule has 1 aromatic heterocycles. The highest BCUT2D eigenvalue weighted by molar-refractivity contribution is 7.89. The lowest BCUT2D eigenvalue weighted by Crippen LogP contribution is -2.34. The largest absolute Gasteiger partial charge is 0.312 e. The molecule has 1 aromatic rings. The fourth-order valence-electron chi connectivity index (χ4n) is 2.59. The maximum absolute atomic E-state index is 12.5. The van der Waals surface area contributed by atoms with Gasteiger partial charge in [0.25, 0.3) is 0 Å². The highest BCUT2D eigenvalue weighted by Gasteiger charge is 2.27. The molecule has 2 aliphatic rings. The van der Waals surface area contributed by atoms with Gasteiger partial charge >= 0.3 is 0 Å². The highest BCUT2D eigenvalue weighted by Crippen LogP contribution is 2.28. The molecule has 0 bridgehead atoms. The summed E-state index contributed by atoms with van der Waals surface area (Å²) in [6.07, 6.45) is 9.13. The molecule has 0 aliphatic heterocycles. The van der Waals surface area contributed by atoms with Crippen LogP contribution in [0.4, 0.5) is 0 Å². The van der Waals surface area contributed by atoms with Gasteiger partial charge in [0.05, 0.1) is 12.7 Å². The minimum Gasteiger partial charge on any atom is -0.312 e. The topological polar surface area (TPSA) is 67.2 Å². The first-order chi connectivity index (χ1) is 10.1. The molecule has 2 aliphatic carbocycles. The van der Waals surface area contributed by atoms with Crippen molar-refractivity contribution < 1.29 is 8.42 Å². The number of nitrogens with zero attached hydrogens (tertiary/aromatic N) is 3. The molecule has 7 heteroatoms. The third-order valence-electron chi connectivity index (χ3n) is 4.41. The van der Waals surface area contributed by atoms with Gasteiger partial charge in [0, 0.05) is 32.4 Å². The Morgan fingerprint density at radius 1 is 1.38 bits per heavy atom. The second-order valence-corrected chi connectivity index (χ2v) is 8.29. The Kier molecular flexibility index (Phi) is 4.33. The third-order valence-corrected chi connectivity index (χ3v) is 6.19. The van der Waals surface area contributed by atoms with Crippen LogP contribution >= 0.6 is 0 Å². The van der Waals surface area contributed by atoms with Crippen molar-refractivity contribution in [2.75, 3.05) is 20.1 Å². The number of hydrogen-bond acceptors (Lipinski definition) is 4. The predicted octanol–water partition coefficient (Wildman–Crippen LogP) is 1.06. The van der Waals surface area contributed by atoms with Gasteiger partial charge in [-0.15, -0.1) is 0 Å². The van der Waals surface area contributed by atoms with E-state index in [1.165, 1.54) is 29.8 Å². The van der Waals surface area contributed by atoms with Gasteiger partial charge in [-0.2, -0.15) is 5.10 Å². The summed E-state index contributed by atoms with van der Waals surface area (Å²) in [5, 5.41) is 7.56. The normalized spacial score (nSPS) is 19.9. The zero-order chi connectivity index (χ0) is 14.9. The molecule has 118 valence electrons. The van der Waals surface area contributed by atoms with Crippen molar-refractivity contribution in [3.63, 3.8) is 0 Å². The molecule has 1 N–H and O–H groups in total. The van der Waals surface area contributed by atoms with Gasteiger partial charge in [-0.25, -0.2) is 12.7 Å². The lowest BCUT2D eigenvalue weighted by atomic mass is 9.86. The summed E-state index contributed by atoms with van der Waals surface area (Å²) in [5.74, 6) is 0.530. The van der Waals surface area contributed by atoms with Gasteiger partial charge in [-0.3, -0.25) is 4.68 Å². The van der Waals surface area contributed by atoms with E-state index in [-0.39, 0.29) is 0 Å². The Balaban J connectivity index is 1.57. The summed E-state index contributed by atoms with van der Waals surface area (Å²) in [4.78, 5) is 0.302. The second kappa shape index (κ2) is 6.06. The average Bonchev–Trinajstić information content (AvgIpc) is 3.09. The summed E-state index contributed by atoms with van der Waals surface area (Å²) >= 11 is 0. The van der Waals surface area contributed by atoms with Crippen LogP contribution in [0.25, 0.3) is 0 Å². The van der Waals surface area contributed by atoms with E-state index in [1.807, 2.05) is 0 Å². The predicted molar refractivity (Wildman–Crippen MR) is 80.4 cm³/mol. The first-order valence-corrected chi connectivity index (χ1v) is 9.22. The molecule has 2 saturated carbocycles. The van der Waals surface area contributed by atoms with Crippen molar-refractivity contribution in [1.82, 2.24) is 19.4 Å². The number of nitrogens with one attached hydrogen (secondary N) is 1. The van der Waals surface area contributed by atoms with Crippen LogP contribution in [0.15, 0.2) is 17.3 Å². The lowest BCUT2D eigenvalue weighted by Gasteiger charge is -2.29. The molecule has 0 saturated heterocycles. The molecule has 0 unspecified atom stereocenters. The van der Waals surface area contributed by atoms with E-state index in [4.69, 9.17) is 0 Å². The quantitative estimate of drug-likeness (QED) is 0.779. The number of hydrogen-bond donors (Lipinski definition) is 1. The minimum atomic E-state index is -3.39. The summed E-state index contributed by atoms with van der Waals surface area (Å²) in [5.41, 5.74) is 0. The molecular weight excluding hydrogens is 288 g/mol. The average molecular weight is 312 g/mol. The lowest BCUT2D eigenvalue weighted by molar-refractivity contribution is 0.263. The van der Waals surface area contributed by atoms with Gasteiger partial charge in [0.15, 0.2) is 0 Å². The van der Waals surface area contributed by atoms with Crippen LogP contribution in [0.2, 0.25) is 0 Å². The van der Waals surface area contributed by atoms with E-state index in [1.54, 1.807) is 17.9 Å². The monoisotopic (exact) mass is 312 g/mol. The van der Waals surface area contributed by atoms with Crippen LogP contribution < -0.4 is 5.32 Å². The van der Waals surface area contributed by atoms with E-state index in [0.717, 1.165) is 19.4 Å². The first kappa shape index (κ1) is 15.0. The Morgan fingerprint density at radius 2 is 2.14 bits per heavy atom. The van der Waals surface area contributed by atoms with Crippen LogP contribution in [0.1, 0.15) is 32.1 Å². The van der Waals surface area contributed by atoms with Crippen LogP contribution in [0.3, 0.4) is 0 Å². The van der Waals surface area contributed by atoms with Gasteiger partial charge in [0.2, 0.25) is 10.0 Å². The summed E-state index contributed by atoms with van der Waals surface area (Å²) in [7, 11) is -1.72. The SMILES string of the molecule is CN(CC1CCC1)S(=O)(=O)c1cnn(CCNC2CC2)c1. The number of rotatable bonds is 8. The van der Waals surface area contributed by atoms with Gasteiger partial charge in [-0.05, 0) is 31.6 Å². The van der Waals surface area contributed by atoms with Crippen molar-refractivity contribution in [3.8, 4) is 0 Å². The molecule has 1 heterocycles. The standard InChI is InChI=1S/C14H24N4O2S/c1-17(10-12-3-2-4-12)21(19,20)14-9-16-18(11-14)8-7-15-13-5-6-13/h9,11-13,15H,2-8,10H2,1H3. The maximum atomic E-state index is 12.5. The van der Waals surface area contributed by atoms with Crippen LogP contribution in [-0.4, -0.2) is 48.7 Å². The zero-order valence-corrected chi connectivity index (χ0v) is 13.3. The first-order valence-electron chi connectivity index (χ1n) is 7.78. The summed E-state index contributed by atoms with van der Waals surface area (Å²) < 4.78 is 28.1. The van der Waals surface area contributed by atoms with E-state index >= 15 is 0 Å². The number of sulfonamides is 1. The highest BCUT2D eigenvalue weighted by atomic mass is 32.2. The molecule has 3 rings (SSSR count). The molecular formula is C14H24N4O2S. The van der Waals surface area contributed by atoms with Crippen molar-refractivity contribution in [1.29, 1.82) is 0 Å². The van der Waals surface area contributed by atoms with Gasteiger partial charge < -0.3 is 5.32 Å². The molecule has 21 heavy (non-hydrogen) atoms. The van der Waals surface area contributed by atoms with Crippen LogP contribution in [-0.2, 0) is 16.6 Å².